The van der Waals surface area contributed by atoms with Gasteiger partial charge in [-0.25, -0.2) is 0 Å². The van der Waals surface area contributed by atoms with Crippen LogP contribution in [0.3, 0.4) is 0 Å². The van der Waals surface area contributed by atoms with Gasteiger partial charge >= 0.3 is 0 Å². The zero-order valence-corrected chi connectivity index (χ0v) is 16.9. The van der Waals surface area contributed by atoms with Crippen LogP contribution in [0.5, 0.6) is 0 Å². The van der Waals surface area contributed by atoms with Gasteiger partial charge in [-0.2, -0.15) is 0 Å². The van der Waals surface area contributed by atoms with Crippen LogP contribution in [0.25, 0.3) is 6.08 Å². The fourth-order valence-corrected chi connectivity index (χ4v) is 3.20. The van der Waals surface area contributed by atoms with E-state index in [9.17, 15) is 0 Å². The molecule has 3 aromatic carbocycles. The Balaban J connectivity index is 2.09. The van der Waals surface area contributed by atoms with Crippen LogP contribution in [0.4, 0.5) is 17.1 Å². The molecule has 0 aliphatic rings. The number of hydrogen-bond acceptors (Lipinski definition) is 1. The van der Waals surface area contributed by atoms with Crippen molar-refractivity contribution in [3.63, 3.8) is 0 Å². The van der Waals surface area contributed by atoms with Gasteiger partial charge in [0.15, 0.2) is 0 Å². The topological polar surface area (TPSA) is 3.24 Å². The molecule has 0 N–H and O–H groups in total. The summed E-state index contributed by atoms with van der Waals surface area (Å²) in [5.41, 5.74) is 7.40. The zero-order chi connectivity index (χ0) is 19.4. The Morgan fingerprint density at radius 3 is 2.00 bits per heavy atom. The summed E-state index contributed by atoms with van der Waals surface area (Å²) in [4.78, 5) is 2.30. The monoisotopic (exact) mass is 355 g/mol. The van der Waals surface area contributed by atoms with Crippen molar-refractivity contribution in [3.05, 3.63) is 96.1 Å². The van der Waals surface area contributed by atoms with E-state index in [1.165, 1.54) is 11.1 Å². The fourth-order valence-electron chi connectivity index (χ4n) is 3.20. The maximum Gasteiger partial charge on any atom is 0.0467 e. The summed E-state index contributed by atoms with van der Waals surface area (Å²) in [7, 11) is 0. The Morgan fingerprint density at radius 2 is 1.44 bits per heavy atom. The van der Waals surface area contributed by atoms with Crippen molar-refractivity contribution < 1.29 is 0 Å². The second-order valence-electron chi connectivity index (χ2n) is 7.75. The first-order valence-electron chi connectivity index (χ1n) is 9.64. The molecular formula is C26H29N. The SMILES string of the molecule is C=Cc1cccc(N(c2ccc(C)cc2)c2ccc(C(C)(C)CC)cc2)c1. The summed E-state index contributed by atoms with van der Waals surface area (Å²) >= 11 is 0. The smallest absolute Gasteiger partial charge is 0.0467 e. The lowest BCUT2D eigenvalue weighted by Crippen LogP contribution is -2.16. The molecule has 0 aliphatic heterocycles. The summed E-state index contributed by atoms with van der Waals surface area (Å²) in [5.74, 6) is 0. The molecule has 0 fully saturated rings. The highest BCUT2D eigenvalue weighted by Gasteiger charge is 2.19. The van der Waals surface area contributed by atoms with Gasteiger partial charge in [0.05, 0.1) is 0 Å². The Bertz CT molecular complexity index is 902. The lowest BCUT2D eigenvalue weighted by atomic mass is 9.82. The van der Waals surface area contributed by atoms with E-state index in [0.29, 0.717) is 0 Å². The lowest BCUT2D eigenvalue weighted by Gasteiger charge is -2.28. The van der Waals surface area contributed by atoms with Crippen molar-refractivity contribution in [1.82, 2.24) is 0 Å². The third kappa shape index (κ3) is 4.14. The van der Waals surface area contributed by atoms with E-state index >= 15 is 0 Å². The first-order chi connectivity index (χ1) is 12.9. The molecule has 0 bridgehead atoms. The Kier molecular flexibility index (Phi) is 5.51. The van der Waals surface area contributed by atoms with Crippen molar-refractivity contribution in [2.24, 2.45) is 0 Å². The summed E-state index contributed by atoms with van der Waals surface area (Å²) in [5, 5.41) is 0. The van der Waals surface area contributed by atoms with Crippen LogP contribution in [-0.4, -0.2) is 0 Å². The van der Waals surface area contributed by atoms with Gasteiger partial charge in [-0.15, -0.1) is 0 Å². The largest absolute Gasteiger partial charge is 0.310 e. The highest BCUT2D eigenvalue weighted by molar-refractivity contribution is 5.77. The van der Waals surface area contributed by atoms with Crippen molar-refractivity contribution >= 4 is 23.1 Å². The van der Waals surface area contributed by atoms with E-state index in [0.717, 1.165) is 29.0 Å². The average Bonchev–Trinajstić information content (AvgIpc) is 2.70. The van der Waals surface area contributed by atoms with Crippen molar-refractivity contribution in [2.45, 2.75) is 39.5 Å². The van der Waals surface area contributed by atoms with Crippen LogP contribution >= 0.6 is 0 Å². The fraction of sp³-hybridized carbons (Fsp3) is 0.231. The number of aryl methyl sites for hydroxylation is 1. The molecule has 27 heavy (non-hydrogen) atoms. The normalized spacial score (nSPS) is 11.3. The number of nitrogens with zero attached hydrogens (tertiary/aromatic N) is 1. The minimum absolute atomic E-state index is 0.190. The van der Waals surface area contributed by atoms with E-state index in [1.54, 1.807) is 0 Å². The molecule has 3 aromatic rings. The van der Waals surface area contributed by atoms with Gasteiger partial charge in [0.25, 0.3) is 0 Å². The first-order valence-corrected chi connectivity index (χ1v) is 9.64. The van der Waals surface area contributed by atoms with E-state index < -0.39 is 0 Å². The minimum Gasteiger partial charge on any atom is -0.310 e. The predicted octanol–water partition coefficient (Wildman–Crippen LogP) is 7.80. The standard InChI is InChI=1S/C26H29N/c1-6-21-9-8-10-25(19-21)27(23-15-11-20(3)12-16-23)24-17-13-22(14-18-24)26(4,5)7-2/h6,8-19H,1,7H2,2-5H3. The third-order valence-corrected chi connectivity index (χ3v) is 5.45. The van der Waals surface area contributed by atoms with Gasteiger partial charge in [-0.3, -0.25) is 0 Å². The zero-order valence-electron chi connectivity index (χ0n) is 16.9. The molecule has 0 atom stereocenters. The molecule has 0 amide bonds. The maximum atomic E-state index is 3.92. The predicted molar refractivity (Wildman–Crippen MR) is 119 cm³/mol. The van der Waals surface area contributed by atoms with Crippen LogP contribution in [-0.2, 0) is 5.41 Å². The highest BCUT2D eigenvalue weighted by atomic mass is 15.1. The summed E-state index contributed by atoms with van der Waals surface area (Å²) in [6.45, 7) is 12.9. The van der Waals surface area contributed by atoms with Gasteiger partial charge in [-0.05, 0) is 66.3 Å². The number of hydrogen-bond donors (Lipinski definition) is 0. The average molecular weight is 356 g/mol. The molecule has 1 nitrogen and oxygen atoms in total. The van der Waals surface area contributed by atoms with Crippen LogP contribution in [0.2, 0.25) is 0 Å². The number of benzene rings is 3. The molecule has 0 radical (unpaired) electrons. The molecule has 138 valence electrons. The molecule has 0 saturated carbocycles. The molecular weight excluding hydrogens is 326 g/mol. The summed E-state index contributed by atoms with van der Waals surface area (Å²) in [6.07, 6.45) is 3.01. The summed E-state index contributed by atoms with van der Waals surface area (Å²) in [6, 6.07) is 26.2. The quantitative estimate of drug-likeness (QED) is 0.436. The summed E-state index contributed by atoms with van der Waals surface area (Å²) < 4.78 is 0. The van der Waals surface area contributed by atoms with Gasteiger partial charge in [0, 0.05) is 17.1 Å². The Hall–Kier alpha value is -2.80. The third-order valence-electron chi connectivity index (χ3n) is 5.45. The van der Waals surface area contributed by atoms with Gasteiger partial charge in [0.1, 0.15) is 0 Å². The lowest BCUT2D eigenvalue weighted by molar-refractivity contribution is 0.506. The van der Waals surface area contributed by atoms with E-state index in [2.05, 4.69) is 112 Å². The van der Waals surface area contributed by atoms with E-state index in [1.807, 2.05) is 6.08 Å². The van der Waals surface area contributed by atoms with Crippen LogP contribution in [0.15, 0.2) is 79.4 Å². The van der Waals surface area contributed by atoms with Crippen molar-refractivity contribution in [2.75, 3.05) is 4.90 Å². The number of rotatable bonds is 6. The molecule has 0 aliphatic carbocycles. The Morgan fingerprint density at radius 1 is 0.852 bits per heavy atom. The van der Waals surface area contributed by atoms with Crippen molar-refractivity contribution in [3.8, 4) is 0 Å². The van der Waals surface area contributed by atoms with Crippen LogP contribution < -0.4 is 4.90 Å². The molecule has 3 rings (SSSR count). The minimum atomic E-state index is 0.190. The Labute approximate surface area is 164 Å². The molecule has 0 heterocycles. The van der Waals surface area contributed by atoms with Gasteiger partial charge in [-0.1, -0.05) is 75.4 Å². The van der Waals surface area contributed by atoms with Crippen molar-refractivity contribution in [1.29, 1.82) is 0 Å². The second kappa shape index (κ2) is 7.84. The van der Waals surface area contributed by atoms with Gasteiger partial charge in [0.2, 0.25) is 0 Å². The van der Waals surface area contributed by atoms with E-state index in [-0.39, 0.29) is 5.41 Å². The molecule has 0 unspecified atom stereocenters. The molecule has 0 saturated heterocycles. The van der Waals surface area contributed by atoms with Gasteiger partial charge < -0.3 is 4.90 Å². The second-order valence-corrected chi connectivity index (χ2v) is 7.75. The number of anilines is 3. The van der Waals surface area contributed by atoms with Crippen LogP contribution in [0, 0.1) is 6.92 Å². The highest BCUT2D eigenvalue weighted by Crippen LogP contribution is 2.36. The first kappa shape index (κ1) is 19.0. The molecule has 1 heteroatoms. The molecule has 0 spiro atoms. The maximum absolute atomic E-state index is 3.92. The van der Waals surface area contributed by atoms with E-state index in [4.69, 9.17) is 0 Å². The molecule has 0 aromatic heterocycles. The van der Waals surface area contributed by atoms with Crippen LogP contribution in [0.1, 0.15) is 43.9 Å².